The first-order valence-electron chi connectivity index (χ1n) is 6.38. The molecule has 19 heavy (non-hydrogen) atoms. The quantitative estimate of drug-likeness (QED) is 0.788. The summed E-state index contributed by atoms with van der Waals surface area (Å²) in [5, 5.41) is 3.42. The highest BCUT2D eigenvalue weighted by Crippen LogP contribution is 2.27. The van der Waals surface area contributed by atoms with Crippen LogP contribution in [0.3, 0.4) is 0 Å². The molecule has 1 unspecified atom stereocenters. The van der Waals surface area contributed by atoms with Gasteiger partial charge in [-0.2, -0.15) is 0 Å². The van der Waals surface area contributed by atoms with Gasteiger partial charge in [0.1, 0.15) is 5.82 Å². The highest BCUT2D eigenvalue weighted by Gasteiger charge is 2.11. The Morgan fingerprint density at radius 3 is 2.68 bits per heavy atom. The standard InChI is InChI=1S/C16H17BrFN/c1-3-15(12-5-4-6-13(17)9-12)19-16-10-14(18)8-7-11(16)2/h4-10,15,19H,3H2,1-2H3. The van der Waals surface area contributed by atoms with Crippen molar-refractivity contribution in [3.63, 3.8) is 0 Å². The van der Waals surface area contributed by atoms with Gasteiger partial charge in [0.05, 0.1) is 6.04 Å². The Bertz CT molecular complexity index is 568. The van der Waals surface area contributed by atoms with Gasteiger partial charge in [-0.25, -0.2) is 4.39 Å². The molecule has 3 heteroatoms. The molecule has 2 aromatic carbocycles. The molecule has 0 aliphatic heterocycles. The molecule has 0 saturated carbocycles. The fourth-order valence-corrected chi connectivity index (χ4v) is 2.50. The summed E-state index contributed by atoms with van der Waals surface area (Å²) >= 11 is 3.48. The zero-order chi connectivity index (χ0) is 13.8. The van der Waals surface area contributed by atoms with Crippen molar-refractivity contribution >= 4 is 21.6 Å². The van der Waals surface area contributed by atoms with E-state index in [2.05, 4.69) is 40.3 Å². The maximum Gasteiger partial charge on any atom is 0.125 e. The maximum absolute atomic E-state index is 13.3. The van der Waals surface area contributed by atoms with Gasteiger partial charge in [0, 0.05) is 10.2 Å². The van der Waals surface area contributed by atoms with Crippen molar-refractivity contribution < 1.29 is 4.39 Å². The zero-order valence-corrected chi connectivity index (χ0v) is 12.7. The van der Waals surface area contributed by atoms with Crippen molar-refractivity contribution in [2.45, 2.75) is 26.3 Å². The maximum atomic E-state index is 13.3. The first-order chi connectivity index (χ1) is 9.10. The summed E-state index contributed by atoms with van der Waals surface area (Å²) in [5.41, 5.74) is 3.10. The summed E-state index contributed by atoms with van der Waals surface area (Å²) in [6.45, 7) is 4.10. The molecule has 0 fully saturated rings. The number of benzene rings is 2. The van der Waals surface area contributed by atoms with Gasteiger partial charge in [0.15, 0.2) is 0 Å². The van der Waals surface area contributed by atoms with Crippen LogP contribution in [0.2, 0.25) is 0 Å². The van der Waals surface area contributed by atoms with Crippen LogP contribution in [-0.2, 0) is 0 Å². The molecule has 2 rings (SSSR count). The molecule has 0 bridgehead atoms. The second-order valence-electron chi connectivity index (χ2n) is 4.62. The van der Waals surface area contributed by atoms with E-state index < -0.39 is 0 Å². The average molecular weight is 322 g/mol. The van der Waals surface area contributed by atoms with Gasteiger partial charge in [0.25, 0.3) is 0 Å². The van der Waals surface area contributed by atoms with E-state index in [-0.39, 0.29) is 11.9 Å². The van der Waals surface area contributed by atoms with Gasteiger partial charge >= 0.3 is 0 Å². The molecule has 1 nitrogen and oxygen atoms in total. The Morgan fingerprint density at radius 2 is 2.00 bits per heavy atom. The molecule has 0 radical (unpaired) electrons. The van der Waals surface area contributed by atoms with Crippen molar-refractivity contribution in [1.29, 1.82) is 0 Å². The second-order valence-corrected chi connectivity index (χ2v) is 5.54. The molecule has 0 heterocycles. The van der Waals surface area contributed by atoms with Crippen molar-refractivity contribution in [2.24, 2.45) is 0 Å². The monoisotopic (exact) mass is 321 g/mol. The van der Waals surface area contributed by atoms with Crippen molar-refractivity contribution in [1.82, 2.24) is 0 Å². The Labute approximate surface area is 122 Å². The highest BCUT2D eigenvalue weighted by molar-refractivity contribution is 9.10. The molecule has 2 aromatic rings. The molecule has 100 valence electrons. The summed E-state index contributed by atoms with van der Waals surface area (Å²) in [5.74, 6) is -0.211. The topological polar surface area (TPSA) is 12.0 Å². The average Bonchev–Trinajstić information content (AvgIpc) is 2.39. The van der Waals surface area contributed by atoms with Gasteiger partial charge in [-0.1, -0.05) is 41.1 Å². The first-order valence-corrected chi connectivity index (χ1v) is 7.17. The lowest BCUT2D eigenvalue weighted by Gasteiger charge is -2.20. The number of nitrogens with one attached hydrogen (secondary N) is 1. The number of hydrogen-bond donors (Lipinski definition) is 1. The zero-order valence-electron chi connectivity index (χ0n) is 11.1. The van der Waals surface area contributed by atoms with Crippen LogP contribution in [0.25, 0.3) is 0 Å². The summed E-state index contributed by atoms with van der Waals surface area (Å²) in [6.07, 6.45) is 0.937. The van der Waals surface area contributed by atoms with E-state index in [0.717, 1.165) is 22.1 Å². The minimum atomic E-state index is -0.211. The van der Waals surface area contributed by atoms with Gasteiger partial charge in [-0.05, 0) is 48.7 Å². The molecule has 0 amide bonds. The lowest BCUT2D eigenvalue weighted by atomic mass is 10.0. The second kappa shape index (κ2) is 6.20. The largest absolute Gasteiger partial charge is 0.378 e. The summed E-state index contributed by atoms with van der Waals surface area (Å²) in [4.78, 5) is 0. The lowest BCUT2D eigenvalue weighted by Crippen LogP contribution is -2.10. The van der Waals surface area contributed by atoms with Crippen LogP contribution < -0.4 is 5.32 Å². The summed E-state index contributed by atoms with van der Waals surface area (Å²) < 4.78 is 14.4. The van der Waals surface area contributed by atoms with E-state index in [1.54, 1.807) is 12.1 Å². The smallest absolute Gasteiger partial charge is 0.125 e. The van der Waals surface area contributed by atoms with Crippen LogP contribution in [0.15, 0.2) is 46.9 Å². The van der Waals surface area contributed by atoms with Crippen LogP contribution in [0.1, 0.15) is 30.5 Å². The van der Waals surface area contributed by atoms with E-state index in [0.29, 0.717) is 0 Å². The van der Waals surface area contributed by atoms with Crippen LogP contribution in [0, 0.1) is 12.7 Å². The van der Waals surface area contributed by atoms with Crippen molar-refractivity contribution in [3.05, 3.63) is 63.9 Å². The Kier molecular flexibility index (Phi) is 4.59. The third-order valence-electron chi connectivity index (χ3n) is 3.19. The molecule has 0 aliphatic rings. The van der Waals surface area contributed by atoms with Crippen LogP contribution in [0.4, 0.5) is 10.1 Å². The van der Waals surface area contributed by atoms with Gasteiger partial charge in [-0.15, -0.1) is 0 Å². The Morgan fingerprint density at radius 1 is 1.21 bits per heavy atom. The summed E-state index contributed by atoms with van der Waals surface area (Å²) in [6, 6.07) is 13.2. The van der Waals surface area contributed by atoms with Gasteiger partial charge < -0.3 is 5.32 Å². The van der Waals surface area contributed by atoms with Crippen LogP contribution in [0.5, 0.6) is 0 Å². The molecule has 1 N–H and O–H groups in total. The van der Waals surface area contributed by atoms with E-state index in [4.69, 9.17) is 0 Å². The van der Waals surface area contributed by atoms with Crippen LogP contribution >= 0.6 is 15.9 Å². The van der Waals surface area contributed by atoms with E-state index in [1.807, 2.05) is 19.1 Å². The normalized spacial score (nSPS) is 12.2. The minimum absolute atomic E-state index is 0.179. The first kappa shape index (κ1) is 14.1. The van der Waals surface area contributed by atoms with Crippen molar-refractivity contribution in [3.8, 4) is 0 Å². The molecule has 1 atom stereocenters. The number of rotatable bonds is 4. The third kappa shape index (κ3) is 3.57. The SMILES string of the molecule is CCC(Nc1cc(F)ccc1C)c1cccc(Br)c1. The number of aryl methyl sites for hydroxylation is 1. The molecule has 0 saturated heterocycles. The van der Waals surface area contributed by atoms with Crippen LogP contribution in [-0.4, -0.2) is 0 Å². The van der Waals surface area contributed by atoms with Gasteiger partial charge in [-0.3, -0.25) is 0 Å². The fraction of sp³-hybridized carbons (Fsp3) is 0.250. The third-order valence-corrected chi connectivity index (χ3v) is 3.68. The molecule has 0 aromatic heterocycles. The predicted octanol–water partition coefficient (Wildman–Crippen LogP) is 5.46. The van der Waals surface area contributed by atoms with E-state index in [1.165, 1.54) is 11.6 Å². The molecular formula is C16H17BrFN. The predicted molar refractivity (Wildman–Crippen MR) is 81.9 cm³/mol. The van der Waals surface area contributed by atoms with Gasteiger partial charge in [0.2, 0.25) is 0 Å². The van der Waals surface area contributed by atoms with Crippen molar-refractivity contribution in [2.75, 3.05) is 5.32 Å². The lowest BCUT2D eigenvalue weighted by molar-refractivity contribution is 0.627. The summed E-state index contributed by atoms with van der Waals surface area (Å²) in [7, 11) is 0. The Hall–Kier alpha value is -1.35. The highest BCUT2D eigenvalue weighted by atomic mass is 79.9. The fourth-order valence-electron chi connectivity index (χ4n) is 2.08. The molecular weight excluding hydrogens is 305 g/mol. The minimum Gasteiger partial charge on any atom is -0.378 e. The number of hydrogen-bond acceptors (Lipinski definition) is 1. The number of anilines is 1. The molecule has 0 aliphatic carbocycles. The number of halogens is 2. The van der Waals surface area contributed by atoms with E-state index in [9.17, 15) is 4.39 Å². The Balaban J connectivity index is 2.26. The van der Waals surface area contributed by atoms with E-state index >= 15 is 0 Å². The molecule has 0 spiro atoms.